The molecule has 0 aliphatic rings. The lowest BCUT2D eigenvalue weighted by Crippen LogP contribution is -2.41. The number of nitrogens with two attached hydrogens (primary N) is 1. The number of halogens is 1. The maximum Gasteiger partial charge on any atom is 0.241 e. The van der Waals surface area contributed by atoms with Crippen molar-refractivity contribution in [3.05, 3.63) is 35.9 Å². The lowest BCUT2D eigenvalue weighted by molar-refractivity contribution is -0.119. The smallest absolute Gasteiger partial charge is 0.241 e. The van der Waals surface area contributed by atoms with E-state index < -0.39 is 0 Å². The molecule has 0 spiro atoms. The van der Waals surface area contributed by atoms with Crippen molar-refractivity contribution in [2.24, 2.45) is 10.7 Å². The van der Waals surface area contributed by atoms with Crippen LogP contribution in [0.15, 0.2) is 35.3 Å². The zero-order valence-corrected chi connectivity index (χ0v) is 15.4. The van der Waals surface area contributed by atoms with E-state index in [9.17, 15) is 4.79 Å². The van der Waals surface area contributed by atoms with Crippen LogP contribution in [-0.2, 0) is 16.0 Å². The molecular formula is C15H25IN4O2. The standard InChI is InChI=1S/C15H24N4O2.HI/c1-12(11-21-2)19-15(16)18-10-14(20)17-9-8-13-6-4-3-5-7-13;/h3-7,12H,8-11H2,1-2H3,(H,17,20)(H3,16,18,19);1H. The summed E-state index contributed by atoms with van der Waals surface area (Å²) in [6.45, 7) is 3.06. The van der Waals surface area contributed by atoms with Crippen LogP contribution in [0.1, 0.15) is 12.5 Å². The van der Waals surface area contributed by atoms with Gasteiger partial charge in [0.15, 0.2) is 5.96 Å². The summed E-state index contributed by atoms with van der Waals surface area (Å²) in [7, 11) is 1.62. The Bertz CT molecular complexity index is 454. The first-order valence-electron chi connectivity index (χ1n) is 6.98. The number of carbonyl (C=O) groups excluding carboxylic acids is 1. The number of hydrogen-bond donors (Lipinski definition) is 3. The minimum Gasteiger partial charge on any atom is -0.383 e. The number of nitrogens with one attached hydrogen (secondary N) is 2. The van der Waals surface area contributed by atoms with Crippen LogP contribution >= 0.6 is 24.0 Å². The second kappa shape index (κ2) is 12.2. The fourth-order valence-corrected chi connectivity index (χ4v) is 1.79. The van der Waals surface area contributed by atoms with Gasteiger partial charge in [0, 0.05) is 19.7 Å². The van der Waals surface area contributed by atoms with Crippen molar-refractivity contribution in [3.63, 3.8) is 0 Å². The summed E-state index contributed by atoms with van der Waals surface area (Å²) < 4.78 is 4.97. The SMILES string of the molecule is COCC(C)NC(N)=NCC(=O)NCCc1ccccc1.I. The molecule has 1 aromatic carbocycles. The maximum absolute atomic E-state index is 11.6. The highest BCUT2D eigenvalue weighted by atomic mass is 127. The Balaban J connectivity index is 0.00000441. The number of guanidine groups is 1. The molecule has 0 aromatic heterocycles. The van der Waals surface area contributed by atoms with Crippen molar-refractivity contribution in [1.29, 1.82) is 0 Å². The lowest BCUT2D eigenvalue weighted by Gasteiger charge is -2.13. The van der Waals surface area contributed by atoms with E-state index in [0.717, 1.165) is 6.42 Å². The van der Waals surface area contributed by atoms with Gasteiger partial charge in [0.05, 0.1) is 6.61 Å². The predicted molar refractivity (Wildman–Crippen MR) is 99.5 cm³/mol. The Morgan fingerprint density at radius 2 is 2.05 bits per heavy atom. The molecule has 0 bridgehead atoms. The largest absolute Gasteiger partial charge is 0.383 e. The van der Waals surface area contributed by atoms with Crippen LogP contribution in [0.5, 0.6) is 0 Å². The summed E-state index contributed by atoms with van der Waals surface area (Å²) in [6, 6.07) is 10.0. The van der Waals surface area contributed by atoms with E-state index in [1.165, 1.54) is 5.56 Å². The van der Waals surface area contributed by atoms with E-state index in [0.29, 0.717) is 13.2 Å². The molecule has 1 unspecified atom stereocenters. The van der Waals surface area contributed by atoms with Crippen molar-refractivity contribution < 1.29 is 9.53 Å². The van der Waals surface area contributed by atoms with Crippen molar-refractivity contribution in [1.82, 2.24) is 10.6 Å². The third-order valence-electron chi connectivity index (χ3n) is 2.78. The Kier molecular flexibility index (Phi) is 11.5. The molecule has 0 aliphatic heterocycles. The van der Waals surface area contributed by atoms with Crippen LogP contribution < -0.4 is 16.4 Å². The van der Waals surface area contributed by atoms with Crippen LogP contribution in [0.3, 0.4) is 0 Å². The highest BCUT2D eigenvalue weighted by Crippen LogP contribution is 1.97. The first-order chi connectivity index (χ1) is 10.1. The Morgan fingerprint density at radius 1 is 1.36 bits per heavy atom. The van der Waals surface area contributed by atoms with Gasteiger partial charge in [-0.25, -0.2) is 4.99 Å². The summed E-state index contributed by atoms with van der Waals surface area (Å²) in [4.78, 5) is 15.6. The minimum atomic E-state index is -0.143. The third-order valence-corrected chi connectivity index (χ3v) is 2.78. The van der Waals surface area contributed by atoms with Gasteiger partial charge in [-0.15, -0.1) is 24.0 Å². The number of aliphatic imine (C=N–C) groups is 1. The first-order valence-corrected chi connectivity index (χ1v) is 6.98. The number of ether oxygens (including phenoxy) is 1. The molecule has 4 N–H and O–H groups in total. The van der Waals surface area contributed by atoms with E-state index in [-0.39, 0.29) is 48.4 Å². The molecule has 0 saturated heterocycles. The molecule has 6 nitrogen and oxygen atoms in total. The fourth-order valence-electron chi connectivity index (χ4n) is 1.79. The molecular weight excluding hydrogens is 395 g/mol. The second-order valence-electron chi connectivity index (χ2n) is 4.79. The lowest BCUT2D eigenvalue weighted by atomic mass is 10.1. The third kappa shape index (κ3) is 9.56. The molecule has 22 heavy (non-hydrogen) atoms. The van der Waals surface area contributed by atoms with Crippen LogP contribution in [0.4, 0.5) is 0 Å². The number of benzene rings is 1. The van der Waals surface area contributed by atoms with Crippen LogP contribution in [-0.4, -0.2) is 44.7 Å². The van der Waals surface area contributed by atoms with Crippen LogP contribution in [0, 0.1) is 0 Å². The summed E-state index contributed by atoms with van der Waals surface area (Å²) in [5, 5.41) is 5.75. The number of rotatable bonds is 8. The van der Waals surface area contributed by atoms with E-state index >= 15 is 0 Å². The molecule has 0 saturated carbocycles. The van der Waals surface area contributed by atoms with Crippen LogP contribution in [0.25, 0.3) is 0 Å². The zero-order valence-electron chi connectivity index (χ0n) is 13.0. The minimum absolute atomic E-state index is 0. The molecule has 0 aliphatic carbocycles. The number of nitrogens with zero attached hydrogens (tertiary/aromatic N) is 1. The van der Waals surface area contributed by atoms with Crippen molar-refractivity contribution in [2.75, 3.05) is 26.8 Å². The average Bonchev–Trinajstić information content (AvgIpc) is 2.46. The summed E-state index contributed by atoms with van der Waals surface area (Å²) in [5.41, 5.74) is 6.87. The summed E-state index contributed by atoms with van der Waals surface area (Å²) in [5.74, 6) is 0.104. The quantitative estimate of drug-likeness (QED) is 0.331. The molecule has 1 atom stereocenters. The van der Waals surface area contributed by atoms with Gasteiger partial charge in [0.1, 0.15) is 6.54 Å². The molecule has 0 heterocycles. The van der Waals surface area contributed by atoms with Gasteiger partial charge >= 0.3 is 0 Å². The zero-order chi connectivity index (χ0) is 15.5. The topological polar surface area (TPSA) is 88.7 Å². The van der Waals surface area contributed by atoms with Gasteiger partial charge in [-0.1, -0.05) is 30.3 Å². The van der Waals surface area contributed by atoms with Crippen molar-refractivity contribution in [2.45, 2.75) is 19.4 Å². The molecule has 1 rings (SSSR count). The van der Waals surface area contributed by atoms with Gasteiger partial charge in [-0.05, 0) is 18.9 Å². The van der Waals surface area contributed by atoms with E-state index in [1.54, 1.807) is 7.11 Å². The Morgan fingerprint density at radius 3 is 2.68 bits per heavy atom. The summed E-state index contributed by atoms with van der Waals surface area (Å²) >= 11 is 0. The van der Waals surface area contributed by atoms with Gasteiger partial charge in [0.25, 0.3) is 0 Å². The van der Waals surface area contributed by atoms with Crippen molar-refractivity contribution in [3.8, 4) is 0 Å². The highest BCUT2D eigenvalue weighted by molar-refractivity contribution is 14.0. The predicted octanol–water partition coefficient (Wildman–Crippen LogP) is 0.903. The van der Waals surface area contributed by atoms with Gasteiger partial charge in [-0.2, -0.15) is 0 Å². The van der Waals surface area contributed by atoms with Crippen LogP contribution in [0.2, 0.25) is 0 Å². The second-order valence-corrected chi connectivity index (χ2v) is 4.79. The Hall–Kier alpha value is -1.35. The van der Waals surface area contributed by atoms with Gasteiger partial charge < -0.3 is 21.1 Å². The average molecular weight is 420 g/mol. The molecule has 0 radical (unpaired) electrons. The Labute approximate surface area is 148 Å². The fraction of sp³-hybridized carbons (Fsp3) is 0.467. The summed E-state index contributed by atoms with van der Waals surface area (Å²) in [6.07, 6.45) is 0.800. The number of amides is 1. The molecule has 1 amide bonds. The maximum atomic E-state index is 11.6. The number of carbonyl (C=O) groups is 1. The molecule has 0 fully saturated rings. The number of hydrogen-bond acceptors (Lipinski definition) is 3. The first kappa shape index (κ1) is 20.6. The highest BCUT2D eigenvalue weighted by Gasteiger charge is 2.03. The number of methoxy groups -OCH3 is 1. The van der Waals surface area contributed by atoms with Crippen molar-refractivity contribution >= 4 is 35.8 Å². The monoisotopic (exact) mass is 420 g/mol. The molecule has 1 aromatic rings. The van der Waals surface area contributed by atoms with E-state index in [2.05, 4.69) is 15.6 Å². The van der Waals surface area contributed by atoms with E-state index in [1.807, 2.05) is 37.3 Å². The molecule has 7 heteroatoms. The van der Waals surface area contributed by atoms with Gasteiger partial charge in [0.2, 0.25) is 5.91 Å². The van der Waals surface area contributed by atoms with E-state index in [4.69, 9.17) is 10.5 Å². The normalized spacial score (nSPS) is 12.2. The van der Waals surface area contributed by atoms with Gasteiger partial charge in [-0.3, -0.25) is 4.79 Å². The molecule has 124 valence electrons.